The van der Waals surface area contributed by atoms with E-state index in [1.807, 2.05) is 29.2 Å². The second-order valence-electron chi connectivity index (χ2n) is 6.78. The van der Waals surface area contributed by atoms with Gasteiger partial charge in [0.25, 0.3) is 0 Å². The molecule has 1 aromatic heterocycles. The van der Waals surface area contributed by atoms with Crippen LogP contribution in [0.2, 0.25) is 0 Å². The number of nitrogens with one attached hydrogen (secondary N) is 1. The van der Waals surface area contributed by atoms with E-state index in [4.69, 9.17) is 9.47 Å². The van der Waals surface area contributed by atoms with Gasteiger partial charge in [0.2, 0.25) is 0 Å². The predicted molar refractivity (Wildman–Crippen MR) is 108 cm³/mol. The summed E-state index contributed by atoms with van der Waals surface area (Å²) in [6, 6.07) is 9.86. The highest BCUT2D eigenvalue weighted by atomic mass is 16.5. The fourth-order valence-electron chi connectivity index (χ4n) is 3.29. The first-order chi connectivity index (χ1) is 13.7. The monoisotopic (exact) mass is 384 g/mol. The fourth-order valence-corrected chi connectivity index (χ4v) is 3.29. The van der Waals surface area contributed by atoms with E-state index in [9.17, 15) is 4.79 Å². The molecule has 1 N–H and O–H groups in total. The number of carbonyl (C=O) groups excluding carboxylic acids is 1. The number of piperazine rings is 1. The Hall–Kier alpha value is -2.80. The Morgan fingerprint density at radius 1 is 1.00 bits per heavy atom. The van der Waals surface area contributed by atoms with Gasteiger partial charge < -0.3 is 19.7 Å². The molecule has 1 aromatic carbocycles. The quantitative estimate of drug-likeness (QED) is 0.793. The number of urea groups is 1. The van der Waals surface area contributed by atoms with Gasteiger partial charge in [-0.25, -0.2) is 4.79 Å². The molecule has 2 heterocycles. The van der Waals surface area contributed by atoms with E-state index in [2.05, 4.69) is 21.3 Å². The number of benzene rings is 1. The van der Waals surface area contributed by atoms with Crippen LogP contribution in [0, 0.1) is 0 Å². The molecule has 28 heavy (non-hydrogen) atoms. The summed E-state index contributed by atoms with van der Waals surface area (Å²) < 4.78 is 10.7. The van der Waals surface area contributed by atoms with Crippen LogP contribution in [0.4, 0.5) is 4.79 Å². The van der Waals surface area contributed by atoms with E-state index in [0.29, 0.717) is 6.54 Å². The van der Waals surface area contributed by atoms with Crippen molar-refractivity contribution in [2.45, 2.75) is 13.0 Å². The molecule has 2 aromatic rings. The summed E-state index contributed by atoms with van der Waals surface area (Å²) in [4.78, 5) is 20.6. The van der Waals surface area contributed by atoms with Crippen LogP contribution < -0.4 is 14.8 Å². The molecule has 0 aliphatic carbocycles. The van der Waals surface area contributed by atoms with Crippen molar-refractivity contribution in [2.75, 3.05) is 46.9 Å². The lowest BCUT2D eigenvalue weighted by Crippen LogP contribution is -2.51. The van der Waals surface area contributed by atoms with Crippen LogP contribution in [-0.4, -0.2) is 67.8 Å². The van der Waals surface area contributed by atoms with Crippen molar-refractivity contribution in [1.82, 2.24) is 20.1 Å². The van der Waals surface area contributed by atoms with Gasteiger partial charge in [-0.3, -0.25) is 9.88 Å². The number of nitrogens with zero attached hydrogens (tertiary/aromatic N) is 3. The van der Waals surface area contributed by atoms with Gasteiger partial charge >= 0.3 is 6.03 Å². The van der Waals surface area contributed by atoms with Crippen molar-refractivity contribution >= 4 is 6.03 Å². The summed E-state index contributed by atoms with van der Waals surface area (Å²) in [5, 5.41) is 2.98. The molecule has 1 saturated heterocycles. The lowest BCUT2D eigenvalue weighted by atomic mass is 10.1. The van der Waals surface area contributed by atoms with E-state index in [-0.39, 0.29) is 6.03 Å². The number of methoxy groups -OCH3 is 2. The second-order valence-corrected chi connectivity index (χ2v) is 6.78. The van der Waals surface area contributed by atoms with Crippen LogP contribution in [0.3, 0.4) is 0 Å². The lowest BCUT2D eigenvalue weighted by Gasteiger charge is -2.34. The standard InChI is InChI=1S/C21H28N4O3/c1-27-19-4-3-17(15-20(19)28-2)7-10-24-11-13-25(14-12-24)21(26)23-16-18-5-8-22-9-6-18/h3-6,8-9,15H,7,10-14,16H2,1-2H3,(H,23,26). The van der Waals surface area contributed by atoms with Crippen molar-refractivity contribution in [3.8, 4) is 11.5 Å². The number of aromatic nitrogens is 1. The Morgan fingerprint density at radius 3 is 2.39 bits per heavy atom. The molecule has 1 fully saturated rings. The molecule has 0 atom stereocenters. The predicted octanol–water partition coefficient (Wildman–Crippen LogP) is 2.17. The number of hydrogen-bond donors (Lipinski definition) is 1. The molecular formula is C21H28N4O3. The SMILES string of the molecule is COc1ccc(CCN2CCN(C(=O)NCc3ccncc3)CC2)cc1OC. The molecule has 3 rings (SSSR count). The van der Waals surface area contributed by atoms with E-state index in [1.54, 1.807) is 26.6 Å². The zero-order chi connectivity index (χ0) is 19.8. The number of rotatable bonds is 7. The Kier molecular flexibility index (Phi) is 7.08. The molecule has 150 valence electrons. The molecule has 1 aliphatic heterocycles. The van der Waals surface area contributed by atoms with E-state index < -0.39 is 0 Å². The highest BCUT2D eigenvalue weighted by Crippen LogP contribution is 2.27. The van der Waals surface area contributed by atoms with Gasteiger partial charge in [-0.1, -0.05) is 6.07 Å². The van der Waals surface area contributed by atoms with Crippen LogP contribution in [-0.2, 0) is 13.0 Å². The van der Waals surface area contributed by atoms with Gasteiger partial charge in [0, 0.05) is 51.7 Å². The number of ether oxygens (including phenoxy) is 2. The van der Waals surface area contributed by atoms with Crippen molar-refractivity contribution < 1.29 is 14.3 Å². The number of amides is 2. The molecule has 0 saturated carbocycles. The average molecular weight is 384 g/mol. The first kappa shape index (κ1) is 19.9. The van der Waals surface area contributed by atoms with Gasteiger partial charge in [-0.15, -0.1) is 0 Å². The minimum absolute atomic E-state index is 0.00338. The van der Waals surface area contributed by atoms with Gasteiger partial charge in [0.15, 0.2) is 11.5 Å². The van der Waals surface area contributed by atoms with Gasteiger partial charge in [-0.2, -0.15) is 0 Å². The zero-order valence-corrected chi connectivity index (χ0v) is 16.6. The van der Waals surface area contributed by atoms with Crippen LogP contribution in [0.5, 0.6) is 11.5 Å². The first-order valence-corrected chi connectivity index (χ1v) is 9.54. The molecule has 7 heteroatoms. The summed E-state index contributed by atoms with van der Waals surface area (Å²) >= 11 is 0. The Bertz CT molecular complexity index is 762. The number of carbonyl (C=O) groups is 1. The van der Waals surface area contributed by atoms with Crippen LogP contribution in [0.1, 0.15) is 11.1 Å². The van der Waals surface area contributed by atoms with Crippen molar-refractivity contribution in [3.05, 3.63) is 53.9 Å². The largest absolute Gasteiger partial charge is 0.493 e. The maximum absolute atomic E-state index is 12.3. The summed E-state index contributed by atoms with van der Waals surface area (Å²) in [6.07, 6.45) is 4.41. The molecule has 2 amide bonds. The Morgan fingerprint density at radius 2 is 1.71 bits per heavy atom. The van der Waals surface area contributed by atoms with Crippen LogP contribution in [0.15, 0.2) is 42.7 Å². The maximum atomic E-state index is 12.3. The number of hydrogen-bond acceptors (Lipinski definition) is 5. The topological polar surface area (TPSA) is 66.9 Å². The zero-order valence-electron chi connectivity index (χ0n) is 16.6. The molecule has 0 bridgehead atoms. The van der Waals surface area contributed by atoms with Crippen LogP contribution in [0.25, 0.3) is 0 Å². The molecule has 1 aliphatic rings. The third kappa shape index (κ3) is 5.36. The maximum Gasteiger partial charge on any atom is 0.317 e. The summed E-state index contributed by atoms with van der Waals surface area (Å²) in [5.74, 6) is 1.51. The van der Waals surface area contributed by atoms with Gasteiger partial charge in [0.1, 0.15) is 0 Å². The average Bonchev–Trinajstić information content (AvgIpc) is 2.76. The first-order valence-electron chi connectivity index (χ1n) is 9.54. The summed E-state index contributed by atoms with van der Waals surface area (Å²) in [5.41, 5.74) is 2.27. The minimum Gasteiger partial charge on any atom is -0.493 e. The smallest absolute Gasteiger partial charge is 0.317 e. The van der Waals surface area contributed by atoms with Gasteiger partial charge in [0.05, 0.1) is 14.2 Å². The molecule has 0 unspecified atom stereocenters. The Balaban J connectivity index is 1.41. The van der Waals surface area contributed by atoms with E-state index in [0.717, 1.165) is 56.2 Å². The second kappa shape index (κ2) is 9.94. The van der Waals surface area contributed by atoms with E-state index >= 15 is 0 Å². The highest BCUT2D eigenvalue weighted by molar-refractivity contribution is 5.74. The summed E-state index contributed by atoms with van der Waals surface area (Å²) in [7, 11) is 3.30. The third-order valence-corrected chi connectivity index (χ3v) is 5.02. The van der Waals surface area contributed by atoms with E-state index in [1.165, 1.54) is 5.56 Å². The minimum atomic E-state index is -0.00338. The highest BCUT2D eigenvalue weighted by Gasteiger charge is 2.20. The molecular weight excluding hydrogens is 356 g/mol. The fraction of sp³-hybridized carbons (Fsp3) is 0.429. The van der Waals surface area contributed by atoms with Crippen molar-refractivity contribution in [3.63, 3.8) is 0 Å². The van der Waals surface area contributed by atoms with Crippen molar-refractivity contribution in [2.24, 2.45) is 0 Å². The Labute approximate surface area is 166 Å². The molecule has 0 radical (unpaired) electrons. The number of pyridine rings is 1. The normalized spacial score (nSPS) is 14.6. The third-order valence-electron chi connectivity index (χ3n) is 5.02. The summed E-state index contributed by atoms with van der Waals surface area (Å²) in [6.45, 7) is 4.75. The van der Waals surface area contributed by atoms with Crippen molar-refractivity contribution in [1.29, 1.82) is 0 Å². The van der Waals surface area contributed by atoms with Crippen LogP contribution >= 0.6 is 0 Å². The van der Waals surface area contributed by atoms with Gasteiger partial charge in [-0.05, 0) is 41.8 Å². The lowest BCUT2D eigenvalue weighted by molar-refractivity contribution is 0.140. The molecule has 0 spiro atoms. The molecule has 7 nitrogen and oxygen atoms in total.